The van der Waals surface area contributed by atoms with Gasteiger partial charge in [-0.3, -0.25) is 4.68 Å². The van der Waals surface area contributed by atoms with E-state index in [2.05, 4.69) is 18.9 Å². The SMILES string of the molecule is COCCSc1c(N)c(C(C)C)nn1C. The highest BCUT2D eigenvalue weighted by atomic mass is 32.2. The number of nitrogens with zero attached hydrogens (tertiary/aromatic N) is 2. The summed E-state index contributed by atoms with van der Waals surface area (Å²) in [6, 6.07) is 0. The molecule has 0 fully saturated rings. The van der Waals surface area contributed by atoms with Crippen LogP contribution in [-0.2, 0) is 11.8 Å². The molecule has 0 aromatic carbocycles. The standard InChI is InChI=1S/C10H19N3OS/c1-7(2)9-8(11)10(13(3)12-9)15-6-5-14-4/h7H,5-6,11H2,1-4H3. The van der Waals surface area contributed by atoms with E-state index >= 15 is 0 Å². The molecule has 0 aliphatic heterocycles. The molecule has 1 aromatic heterocycles. The first-order valence-corrected chi connectivity index (χ1v) is 6.00. The van der Waals surface area contributed by atoms with Gasteiger partial charge >= 0.3 is 0 Å². The molecule has 0 saturated heterocycles. The molecule has 0 amide bonds. The van der Waals surface area contributed by atoms with Gasteiger partial charge in [-0.15, -0.1) is 11.8 Å². The van der Waals surface area contributed by atoms with Crippen molar-refractivity contribution in [2.24, 2.45) is 7.05 Å². The number of anilines is 1. The Labute approximate surface area is 95.2 Å². The van der Waals surface area contributed by atoms with E-state index in [1.165, 1.54) is 0 Å². The Bertz CT molecular complexity index is 323. The highest BCUT2D eigenvalue weighted by Gasteiger charge is 2.15. The van der Waals surface area contributed by atoms with Gasteiger partial charge in [0.15, 0.2) is 0 Å². The zero-order valence-corrected chi connectivity index (χ0v) is 10.6. The lowest BCUT2D eigenvalue weighted by molar-refractivity contribution is 0.218. The lowest BCUT2D eigenvalue weighted by Gasteiger charge is -2.03. The van der Waals surface area contributed by atoms with Crippen LogP contribution in [0.4, 0.5) is 5.69 Å². The summed E-state index contributed by atoms with van der Waals surface area (Å²) in [5, 5.41) is 5.46. The molecule has 1 rings (SSSR count). The lowest BCUT2D eigenvalue weighted by atomic mass is 10.1. The van der Waals surface area contributed by atoms with Gasteiger partial charge in [-0.25, -0.2) is 0 Å². The van der Waals surface area contributed by atoms with Crippen molar-refractivity contribution in [1.82, 2.24) is 9.78 Å². The van der Waals surface area contributed by atoms with Crippen LogP contribution in [0, 0.1) is 0 Å². The third-order valence-corrected chi connectivity index (χ3v) is 3.26. The van der Waals surface area contributed by atoms with Crippen LogP contribution in [0.1, 0.15) is 25.5 Å². The molecule has 0 unspecified atom stereocenters. The molecule has 0 spiro atoms. The molecule has 0 atom stereocenters. The highest BCUT2D eigenvalue weighted by molar-refractivity contribution is 7.99. The van der Waals surface area contributed by atoms with Gasteiger partial charge in [0.1, 0.15) is 5.03 Å². The summed E-state index contributed by atoms with van der Waals surface area (Å²) in [5.41, 5.74) is 7.84. The molecule has 0 aliphatic carbocycles. The maximum atomic E-state index is 6.04. The van der Waals surface area contributed by atoms with E-state index in [4.69, 9.17) is 10.5 Å². The van der Waals surface area contributed by atoms with Gasteiger partial charge in [-0.2, -0.15) is 5.10 Å². The van der Waals surface area contributed by atoms with Crippen LogP contribution in [0.25, 0.3) is 0 Å². The zero-order chi connectivity index (χ0) is 11.4. The number of rotatable bonds is 5. The molecule has 0 saturated carbocycles. The monoisotopic (exact) mass is 229 g/mol. The molecule has 86 valence electrons. The molecule has 0 aliphatic rings. The molecule has 1 heterocycles. The van der Waals surface area contributed by atoms with Gasteiger partial charge in [0.2, 0.25) is 0 Å². The first-order valence-electron chi connectivity index (χ1n) is 5.02. The molecule has 4 nitrogen and oxygen atoms in total. The topological polar surface area (TPSA) is 53.1 Å². The second-order valence-corrected chi connectivity index (χ2v) is 4.81. The number of nitrogens with two attached hydrogens (primary N) is 1. The van der Waals surface area contributed by atoms with Gasteiger partial charge in [0.25, 0.3) is 0 Å². The summed E-state index contributed by atoms with van der Waals surface area (Å²) in [6.07, 6.45) is 0. The summed E-state index contributed by atoms with van der Waals surface area (Å²) >= 11 is 1.69. The van der Waals surface area contributed by atoms with Crippen molar-refractivity contribution in [1.29, 1.82) is 0 Å². The number of methoxy groups -OCH3 is 1. The summed E-state index contributed by atoms with van der Waals surface area (Å²) in [6.45, 7) is 4.93. The summed E-state index contributed by atoms with van der Waals surface area (Å²) in [5.74, 6) is 1.27. The Morgan fingerprint density at radius 2 is 2.20 bits per heavy atom. The largest absolute Gasteiger partial charge is 0.395 e. The Morgan fingerprint density at radius 1 is 1.53 bits per heavy atom. The van der Waals surface area contributed by atoms with E-state index in [0.717, 1.165) is 28.8 Å². The minimum Gasteiger partial charge on any atom is -0.395 e. The highest BCUT2D eigenvalue weighted by Crippen LogP contribution is 2.30. The molecular weight excluding hydrogens is 210 g/mol. The third kappa shape index (κ3) is 2.89. The van der Waals surface area contributed by atoms with Crippen molar-refractivity contribution in [3.8, 4) is 0 Å². The second kappa shape index (κ2) is 5.42. The number of thioether (sulfide) groups is 1. The predicted molar refractivity (Wildman–Crippen MR) is 64.3 cm³/mol. The van der Waals surface area contributed by atoms with Crippen LogP contribution in [0.2, 0.25) is 0 Å². The zero-order valence-electron chi connectivity index (χ0n) is 9.78. The van der Waals surface area contributed by atoms with E-state index in [1.54, 1.807) is 18.9 Å². The number of aromatic nitrogens is 2. The molecule has 1 aromatic rings. The Morgan fingerprint density at radius 3 is 2.67 bits per heavy atom. The van der Waals surface area contributed by atoms with Crippen molar-refractivity contribution in [3.63, 3.8) is 0 Å². The van der Waals surface area contributed by atoms with Gasteiger partial charge in [0, 0.05) is 19.9 Å². The van der Waals surface area contributed by atoms with Crippen molar-refractivity contribution in [2.75, 3.05) is 25.2 Å². The smallest absolute Gasteiger partial charge is 0.117 e. The molecule has 15 heavy (non-hydrogen) atoms. The number of ether oxygens (including phenoxy) is 1. The number of nitrogen functional groups attached to an aromatic ring is 1. The fourth-order valence-corrected chi connectivity index (χ4v) is 2.30. The normalized spacial score (nSPS) is 11.3. The summed E-state index contributed by atoms with van der Waals surface area (Å²) in [4.78, 5) is 0. The third-order valence-electron chi connectivity index (χ3n) is 2.13. The number of hydrogen-bond acceptors (Lipinski definition) is 4. The van der Waals surface area contributed by atoms with Crippen LogP contribution in [0.5, 0.6) is 0 Å². The first-order chi connectivity index (χ1) is 7.07. The quantitative estimate of drug-likeness (QED) is 0.618. The van der Waals surface area contributed by atoms with Crippen LogP contribution in [0.15, 0.2) is 5.03 Å². The van der Waals surface area contributed by atoms with Crippen LogP contribution in [0.3, 0.4) is 0 Å². The van der Waals surface area contributed by atoms with Crippen molar-refractivity contribution >= 4 is 17.4 Å². The molecule has 0 radical (unpaired) electrons. The minimum absolute atomic E-state index is 0.368. The summed E-state index contributed by atoms with van der Waals surface area (Å²) < 4.78 is 6.86. The fraction of sp³-hybridized carbons (Fsp3) is 0.700. The second-order valence-electron chi connectivity index (χ2n) is 3.72. The Balaban J connectivity index is 2.79. The van der Waals surface area contributed by atoms with Crippen molar-refractivity contribution in [2.45, 2.75) is 24.8 Å². The van der Waals surface area contributed by atoms with Gasteiger partial charge < -0.3 is 10.5 Å². The van der Waals surface area contributed by atoms with E-state index in [1.807, 2.05) is 11.7 Å². The Kier molecular flexibility index (Phi) is 4.47. The number of aryl methyl sites for hydroxylation is 1. The van der Waals surface area contributed by atoms with E-state index < -0.39 is 0 Å². The maximum absolute atomic E-state index is 6.04. The predicted octanol–water partition coefficient (Wildman–Crippen LogP) is 1.86. The van der Waals surface area contributed by atoms with Crippen LogP contribution >= 0.6 is 11.8 Å². The first kappa shape index (κ1) is 12.4. The van der Waals surface area contributed by atoms with Crippen LogP contribution in [-0.4, -0.2) is 29.3 Å². The maximum Gasteiger partial charge on any atom is 0.117 e. The molecular formula is C10H19N3OS. The van der Waals surface area contributed by atoms with E-state index in [0.29, 0.717) is 5.92 Å². The molecule has 2 N–H and O–H groups in total. The minimum atomic E-state index is 0.368. The van der Waals surface area contributed by atoms with Crippen molar-refractivity contribution < 1.29 is 4.74 Å². The average molecular weight is 229 g/mol. The van der Waals surface area contributed by atoms with Gasteiger partial charge in [-0.05, 0) is 5.92 Å². The fourth-order valence-electron chi connectivity index (χ4n) is 1.36. The lowest BCUT2D eigenvalue weighted by Crippen LogP contribution is -1.97. The van der Waals surface area contributed by atoms with E-state index in [-0.39, 0.29) is 0 Å². The van der Waals surface area contributed by atoms with Gasteiger partial charge in [-0.1, -0.05) is 13.8 Å². The average Bonchev–Trinajstić information content (AvgIpc) is 2.45. The van der Waals surface area contributed by atoms with Crippen LogP contribution < -0.4 is 5.73 Å². The van der Waals surface area contributed by atoms with Gasteiger partial charge in [0.05, 0.1) is 18.0 Å². The molecule has 5 heteroatoms. The summed E-state index contributed by atoms with van der Waals surface area (Å²) in [7, 11) is 3.63. The van der Waals surface area contributed by atoms with Crippen molar-refractivity contribution in [3.05, 3.63) is 5.69 Å². The van der Waals surface area contributed by atoms with E-state index in [9.17, 15) is 0 Å². The Hall–Kier alpha value is -0.680. The molecule has 0 bridgehead atoms. The number of hydrogen-bond donors (Lipinski definition) is 1.